The van der Waals surface area contributed by atoms with Crippen LogP contribution in [0.2, 0.25) is 0 Å². The molecule has 1 unspecified atom stereocenters. The number of rotatable bonds is 6. The Labute approximate surface area is 229 Å². The van der Waals surface area contributed by atoms with Crippen LogP contribution in [-0.2, 0) is 39.4 Å². The third-order valence-corrected chi connectivity index (χ3v) is 6.62. The first-order valence-electron chi connectivity index (χ1n) is 12.5. The number of ether oxygens (including phenoxy) is 1. The van der Waals surface area contributed by atoms with Gasteiger partial charge in [0.25, 0.3) is 0 Å². The van der Waals surface area contributed by atoms with Gasteiger partial charge in [-0.05, 0) is 67.8 Å². The highest BCUT2D eigenvalue weighted by Crippen LogP contribution is 2.46. The minimum absolute atomic E-state index is 0.0764. The zero-order valence-electron chi connectivity index (χ0n) is 22.3. The predicted octanol–water partition coefficient (Wildman–Crippen LogP) is 7.60. The van der Waals surface area contributed by atoms with Crippen molar-refractivity contribution < 1.29 is 53.8 Å². The standard InChI is InChI=1S/C27H27F9N2O3/c1-5-20-22(24(40)41-13(2)3)23(19-11-16(25(28,29)30)6-7-21(19)37-20)38(14(4)39)12-15-8-17(26(31,32)33)10-18(9-15)27(34,35)36/h6-11,13,20,22-23,37H,5,12H2,1-4H3/t20-,22?,23-/m1/s1. The normalized spacial score (nSPS) is 19.4. The van der Waals surface area contributed by atoms with E-state index >= 15 is 0 Å². The molecule has 1 N–H and O–H groups in total. The number of nitrogens with one attached hydrogen (secondary N) is 1. The molecule has 0 aromatic heterocycles. The van der Waals surface area contributed by atoms with Crippen LogP contribution in [0, 0.1) is 5.92 Å². The van der Waals surface area contributed by atoms with Gasteiger partial charge in [0.05, 0.1) is 28.8 Å². The predicted molar refractivity (Wildman–Crippen MR) is 129 cm³/mol. The van der Waals surface area contributed by atoms with E-state index in [0.29, 0.717) is 18.2 Å². The van der Waals surface area contributed by atoms with E-state index in [9.17, 15) is 49.1 Å². The van der Waals surface area contributed by atoms with Gasteiger partial charge in [0.15, 0.2) is 0 Å². The maximum absolute atomic E-state index is 13.7. The highest BCUT2D eigenvalue weighted by molar-refractivity contribution is 5.81. The molecule has 2 aromatic rings. The number of benzene rings is 2. The number of anilines is 1. The van der Waals surface area contributed by atoms with Crippen LogP contribution < -0.4 is 5.32 Å². The van der Waals surface area contributed by atoms with Crippen LogP contribution in [0.1, 0.15) is 68.0 Å². The Morgan fingerprint density at radius 3 is 1.85 bits per heavy atom. The number of carbonyl (C=O) groups excluding carboxylic acids is 2. The summed E-state index contributed by atoms with van der Waals surface area (Å²) in [6, 6.07) is 1.04. The fourth-order valence-corrected chi connectivity index (χ4v) is 4.85. The van der Waals surface area contributed by atoms with Gasteiger partial charge < -0.3 is 15.0 Å². The Morgan fingerprint density at radius 2 is 1.41 bits per heavy atom. The minimum Gasteiger partial charge on any atom is -0.463 e. The number of carbonyl (C=O) groups is 2. The smallest absolute Gasteiger partial charge is 0.416 e. The highest BCUT2D eigenvalue weighted by atomic mass is 19.4. The number of hydrogen-bond donors (Lipinski definition) is 1. The van der Waals surface area contributed by atoms with E-state index in [-0.39, 0.29) is 23.7 Å². The summed E-state index contributed by atoms with van der Waals surface area (Å²) in [4.78, 5) is 27.1. The van der Waals surface area contributed by atoms with Gasteiger partial charge in [-0.2, -0.15) is 39.5 Å². The highest BCUT2D eigenvalue weighted by Gasteiger charge is 2.47. The molecule has 0 aliphatic carbocycles. The number of amides is 1. The number of alkyl halides is 9. The zero-order chi connectivity index (χ0) is 31.1. The quantitative estimate of drug-likeness (QED) is 0.275. The number of nitrogens with zero attached hydrogens (tertiary/aromatic N) is 1. The molecule has 41 heavy (non-hydrogen) atoms. The molecule has 5 nitrogen and oxygen atoms in total. The number of halogens is 9. The second-order valence-electron chi connectivity index (χ2n) is 9.98. The maximum atomic E-state index is 13.7. The van der Waals surface area contributed by atoms with E-state index in [0.717, 1.165) is 24.0 Å². The van der Waals surface area contributed by atoms with Crippen LogP contribution in [0.4, 0.5) is 45.2 Å². The van der Waals surface area contributed by atoms with Crippen molar-refractivity contribution in [2.45, 2.75) is 77.4 Å². The summed E-state index contributed by atoms with van der Waals surface area (Å²) in [6.45, 7) is 4.78. The molecule has 0 bridgehead atoms. The van der Waals surface area contributed by atoms with Crippen LogP contribution in [0.5, 0.6) is 0 Å². The van der Waals surface area contributed by atoms with Gasteiger partial charge in [0.2, 0.25) is 5.91 Å². The average molecular weight is 599 g/mol. The summed E-state index contributed by atoms with van der Waals surface area (Å²) in [6.07, 6.45) is -15.6. The first-order valence-corrected chi connectivity index (χ1v) is 12.5. The summed E-state index contributed by atoms with van der Waals surface area (Å²) in [7, 11) is 0. The lowest BCUT2D eigenvalue weighted by molar-refractivity contribution is -0.157. The number of esters is 1. The van der Waals surface area contributed by atoms with E-state index < -0.39 is 83.3 Å². The van der Waals surface area contributed by atoms with Crippen molar-refractivity contribution in [2.24, 2.45) is 5.92 Å². The van der Waals surface area contributed by atoms with Crippen molar-refractivity contribution >= 4 is 17.6 Å². The molecule has 1 aliphatic heterocycles. The van der Waals surface area contributed by atoms with Crippen LogP contribution in [0.3, 0.4) is 0 Å². The van der Waals surface area contributed by atoms with Crippen molar-refractivity contribution in [1.29, 1.82) is 0 Å². The van der Waals surface area contributed by atoms with Gasteiger partial charge in [0, 0.05) is 25.2 Å². The van der Waals surface area contributed by atoms with Crippen LogP contribution in [-0.4, -0.2) is 28.9 Å². The van der Waals surface area contributed by atoms with E-state index in [1.54, 1.807) is 6.92 Å². The summed E-state index contributed by atoms with van der Waals surface area (Å²) in [5.41, 5.74) is -5.03. The molecule has 1 aliphatic rings. The minimum atomic E-state index is -5.17. The molecule has 1 heterocycles. The van der Waals surface area contributed by atoms with Crippen LogP contribution in [0.25, 0.3) is 0 Å². The SMILES string of the molecule is CC[C@H]1Nc2ccc(C(F)(F)F)cc2[C@@H](N(Cc2cc(C(F)(F)F)cc(C(F)(F)F)c2)C(C)=O)C1C(=O)OC(C)C. The van der Waals surface area contributed by atoms with E-state index in [1.807, 2.05) is 0 Å². The van der Waals surface area contributed by atoms with E-state index in [2.05, 4.69) is 5.32 Å². The lowest BCUT2D eigenvalue weighted by atomic mass is 9.79. The van der Waals surface area contributed by atoms with Crippen LogP contribution >= 0.6 is 0 Å². The van der Waals surface area contributed by atoms with Gasteiger partial charge in [-0.1, -0.05) is 6.92 Å². The maximum Gasteiger partial charge on any atom is 0.416 e. The van der Waals surface area contributed by atoms with E-state index in [1.165, 1.54) is 13.8 Å². The van der Waals surface area contributed by atoms with Crippen molar-refractivity contribution in [2.75, 3.05) is 5.32 Å². The first kappa shape index (κ1) is 32.1. The topological polar surface area (TPSA) is 58.6 Å². The van der Waals surface area contributed by atoms with Gasteiger partial charge in [0.1, 0.15) is 5.92 Å². The molecular weight excluding hydrogens is 571 g/mol. The van der Waals surface area contributed by atoms with Gasteiger partial charge in [-0.25, -0.2) is 0 Å². The van der Waals surface area contributed by atoms with Gasteiger partial charge >= 0.3 is 24.5 Å². The van der Waals surface area contributed by atoms with Gasteiger partial charge in [-0.15, -0.1) is 0 Å². The molecule has 0 saturated carbocycles. The van der Waals surface area contributed by atoms with Crippen molar-refractivity contribution in [3.05, 3.63) is 64.2 Å². The fraction of sp³-hybridized carbons (Fsp3) is 0.481. The Hall–Kier alpha value is -3.45. The lowest BCUT2D eigenvalue weighted by Crippen LogP contribution is -2.50. The zero-order valence-corrected chi connectivity index (χ0v) is 22.3. The summed E-state index contributed by atoms with van der Waals surface area (Å²) < 4.78 is 127. The molecule has 226 valence electrons. The third-order valence-electron chi connectivity index (χ3n) is 6.62. The molecule has 0 fully saturated rings. The number of hydrogen-bond acceptors (Lipinski definition) is 4. The van der Waals surface area contributed by atoms with Crippen molar-refractivity contribution in [3.8, 4) is 0 Å². The monoisotopic (exact) mass is 598 g/mol. The Balaban J connectivity index is 2.27. The third kappa shape index (κ3) is 7.25. The van der Waals surface area contributed by atoms with Gasteiger partial charge in [-0.3, -0.25) is 9.59 Å². The molecule has 14 heteroatoms. The molecule has 0 spiro atoms. The Morgan fingerprint density at radius 1 is 0.878 bits per heavy atom. The van der Waals surface area contributed by atoms with Crippen molar-refractivity contribution in [1.82, 2.24) is 4.90 Å². The Kier molecular flexibility index (Phi) is 8.95. The molecular formula is C27H27F9N2O3. The first-order chi connectivity index (χ1) is 18.7. The molecule has 3 rings (SSSR count). The number of fused-ring (bicyclic) bond motifs is 1. The second kappa shape index (κ2) is 11.4. The van der Waals surface area contributed by atoms with Crippen LogP contribution in [0.15, 0.2) is 36.4 Å². The molecule has 2 aromatic carbocycles. The largest absolute Gasteiger partial charge is 0.463 e. The molecule has 0 radical (unpaired) electrons. The van der Waals surface area contributed by atoms with Crippen molar-refractivity contribution in [3.63, 3.8) is 0 Å². The Bertz CT molecular complexity index is 1250. The summed E-state index contributed by atoms with van der Waals surface area (Å²) in [5.74, 6) is -3.16. The second-order valence-corrected chi connectivity index (χ2v) is 9.98. The molecule has 1 amide bonds. The lowest BCUT2D eigenvalue weighted by Gasteiger charge is -2.44. The summed E-state index contributed by atoms with van der Waals surface area (Å²) in [5, 5.41) is 2.97. The molecule has 3 atom stereocenters. The average Bonchev–Trinajstić information content (AvgIpc) is 2.83. The van der Waals surface area contributed by atoms with E-state index in [4.69, 9.17) is 4.74 Å². The fourth-order valence-electron chi connectivity index (χ4n) is 4.85. The summed E-state index contributed by atoms with van der Waals surface area (Å²) >= 11 is 0. The molecule has 0 saturated heterocycles.